The first-order valence-corrected chi connectivity index (χ1v) is 8.98. The molecule has 0 spiro atoms. The maximum absolute atomic E-state index is 11.6. The quantitative estimate of drug-likeness (QED) is 0.897. The first-order chi connectivity index (χ1) is 9.48. The predicted octanol–water partition coefficient (Wildman–Crippen LogP) is 1.67. The van der Waals surface area contributed by atoms with E-state index in [2.05, 4.69) is 5.32 Å². The number of ether oxygens (including phenoxy) is 1. The van der Waals surface area contributed by atoms with Crippen molar-refractivity contribution in [1.82, 2.24) is 5.32 Å². The lowest BCUT2D eigenvalue weighted by molar-refractivity contribution is 0.0174. The van der Waals surface area contributed by atoms with Crippen LogP contribution in [0.1, 0.15) is 12.5 Å². The second-order valence-electron chi connectivity index (χ2n) is 5.09. The zero-order chi connectivity index (χ0) is 14.6. The zero-order valence-electron chi connectivity index (χ0n) is 11.5. The molecule has 2 rings (SSSR count). The zero-order valence-corrected chi connectivity index (χ0v) is 13.1. The average Bonchev–Trinajstić information content (AvgIpc) is 2.43. The molecule has 1 aliphatic rings. The molecule has 0 amide bonds. The Bertz CT molecular complexity index is 522. The van der Waals surface area contributed by atoms with Gasteiger partial charge in [-0.2, -0.15) is 0 Å². The Morgan fingerprint density at radius 2 is 2.05 bits per heavy atom. The lowest BCUT2D eigenvalue weighted by Crippen LogP contribution is -2.49. The number of benzene rings is 1. The number of hydrogen-bond acceptors (Lipinski definition) is 4. The molecule has 20 heavy (non-hydrogen) atoms. The summed E-state index contributed by atoms with van der Waals surface area (Å²) in [6.45, 7) is 2.78. The Hall–Kier alpha value is -0.620. The molecule has 1 fully saturated rings. The molecule has 1 heterocycles. The van der Waals surface area contributed by atoms with E-state index in [1.807, 2.05) is 24.3 Å². The standard InChI is InChI=1S/C14H20ClNO3S/c1-2-20(17,18)10-14-8-16-13(9-19-14)7-11-3-5-12(15)6-4-11/h3-6,13-14,16H,2,7-10H2,1H3/t13-,14+/m0/s1. The van der Waals surface area contributed by atoms with E-state index in [4.69, 9.17) is 16.3 Å². The maximum Gasteiger partial charge on any atom is 0.152 e. The van der Waals surface area contributed by atoms with E-state index in [-0.39, 0.29) is 23.7 Å². The van der Waals surface area contributed by atoms with Crippen LogP contribution in [-0.2, 0) is 21.0 Å². The predicted molar refractivity (Wildman–Crippen MR) is 81.0 cm³/mol. The van der Waals surface area contributed by atoms with E-state index in [1.54, 1.807) is 6.92 Å². The third kappa shape index (κ3) is 4.74. The third-order valence-electron chi connectivity index (χ3n) is 3.44. The van der Waals surface area contributed by atoms with Crippen molar-refractivity contribution in [3.63, 3.8) is 0 Å². The minimum atomic E-state index is -2.98. The lowest BCUT2D eigenvalue weighted by atomic mass is 10.1. The second-order valence-corrected chi connectivity index (χ2v) is 7.92. The summed E-state index contributed by atoms with van der Waals surface area (Å²) < 4.78 is 28.8. The molecule has 112 valence electrons. The van der Waals surface area contributed by atoms with Crippen LogP contribution in [0, 0.1) is 0 Å². The van der Waals surface area contributed by atoms with Gasteiger partial charge in [-0.05, 0) is 24.1 Å². The number of hydrogen-bond donors (Lipinski definition) is 1. The van der Waals surface area contributed by atoms with E-state index < -0.39 is 9.84 Å². The monoisotopic (exact) mass is 317 g/mol. The van der Waals surface area contributed by atoms with Crippen LogP contribution < -0.4 is 5.32 Å². The minimum absolute atomic E-state index is 0.101. The van der Waals surface area contributed by atoms with Gasteiger partial charge in [0.1, 0.15) is 0 Å². The third-order valence-corrected chi connectivity index (χ3v) is 5.45. The summed E-state index contributed by atoms with van der Waals surface area (Å²) in [6, 6.07) is 7.96. The number of sulfone groups is 1. The molecule has 0 aliphatic carbocycles. The second kappa shape index (κ2) is 6.89. The van der Waals surface area contributed by atoms with Gasteiger partial charge in [0.15, 0.2) is 9.84 Å². The lowest BCUT2D eigenvalue weighted by Gasteiger charge is -2.30. The van der Waals surface area contributed by atoms with Gasteiger partial charge in [0.25, 0.3) is 0 Å². The van der Waals surface area contributed by atoms with Gasteiger partial charge in [-0.25, -0.2) is 8.42 Å². The highest BCUT2D eigenvalue weighted by Gasteiger charge is 2.25. The summed E-state index contributed by atoms with van der Waals surface area (Å²) in [6.07, 6.45) is 0.617. The fourth-order valence-electron chi connectivity index (χ4n) is 2.21. The fraction of sp³-hybridized carbons (Fsp3) is 0.571. The molecule has 1 aromatic rings. The normalized spacial score (nSPS) is 23.7. The topological polar surface area (TPSA) is 55.4 Å². The summed E-state index contributed by atoms with van der Waals surface area (Å²) in [5.74, 6) is 0.269. The number of morpholine rings is 1. The Kier molecular flexibility index (Phi) is 5.43. The molecular formula is C14H20ClNO3S. The van der Waals surface area contributed by atoms with Crippen molar-refractivity contribution in [2.75, 3.05) is 24.7 Å². The van der Waals surface area contributed by atoms with Crippen LogP contribution in [0.2, 0.25) is 5.02 Å². The van der Waals surface area contributed by atoms with Gasteiger partial charge in [-0.15, -0.1) is 0 Å². The summed E-state index contributed by atoms with van der Waals surface area (Å²) in [5.41, 5.74) is 1.19. The molecule has 4 nitrogen and oxygen atoms in total. The van der Waals surface area contributed by atoms with Crippen LogP contribution in [0.15, 0.2) is 24.3 Å². The number of nitrogens with one attached hydrogen (secondary N) is 1. The molecule has 0 radical (unpaired) electrons. The SMILES string of the molecule is CCS(=O)(=O)C[C@H]1CN[C@@H](Cc2ccc(Cl)cc2)CO1. The molecule has 0 aromatic heterocycles. The Balaban J connectivity index is 1.81. The number of halogens is 1. The van der Waals surface area contributed by atoms with Gasteiger partial charge < -0.3 is 10.1 Å². The van der Waals surface area contributed by atoms with Crippen LogP contribution in [0.4, 0.5) is 0 Å². The van der Waals surface area contributed by atoms with Crippen molar-refractivity contribution in [2.24, 2.45) is 0 Å². The molecule has 0 bridgehead atoms. The van der Waals surface area contributed by atoms with E-state index >= 15 is 0 Å². The summed E-state index contributed by atoms with van der Waals surface area (Å²) in [7, 11) is -2.98. The molecule has 0 unspecified atom stereocenters. The summed E-state index contributed by atoms with van der Waals surface area (Å²) in [5, 5.41) is 4.08. The smallest absolute Gasteiger partial charge is 0.152 e. The van der Waals surface area contributed by atoms with Crippen molar-refractivity contribution < 1.29 is 13.2 Å². The molecule has 1 saturated heterocycles. The first kappa shape index (κ1) is 15.8. The van der Waals surface area contributed by atoms with E-state index in [9.17, 15) is 8.42 Å². The first-order valence-electron chi connectivity index (χ1n) is 6.78. The van der Waals surface area contributed by atoms with Gasteiger partial charge >= 0.3 is 0 Å². The van der Waals surface area contributed by atoms with Crippen LogP contribution in [0.25, 0.3) is 0 Å². The molecule has 1 aliphatic heterocycles. The van der Waals surface area contributed by atoms with Crippen molar-refractivity contribution in [3.05, 3.63) is 34.9 Å². The molecule has 0 saturated carbocycles. The van der Waals surface area contributed by atoms with E-state index in [0.29, 0.717) is 13.2 Å². The van der Waals surface area contributed by atoms with Crippen molar-refractivity contribution >= 4 is 21.4 Å². The Labute approximate surface area is 125 Å². The van der Waals surface area contributed by atoms with Gasteiger partial charge in [0.05, 0.1) is 18.5 Å². The Morgan fingerprint density at radius 1 is 1.35 bits per heavy atom. The molecule has 1 aromatic carbocycles. The van der Waals surface area contributed by atoms with Crippen LogP contribution in [-0.4, -0.2) is 45.2 Å². The largest absolute Gasteiger partial charge is 0.374 e. The minimum Gasteiger partial charge on any atom is -0.374 e. The molecular weight excluding hydrogens is 298 g/mol. The highest BCUT2D eigenvalue weighted by molar-refractivity contribution is 7.91. The maximum atomic E-state index is 11.6. The highest BCUT2D eigenvalue weighted by atomic mass is 35.5. The van der Waals surface area contributed by atoms with Crippen LogP contribution in [0.5, 0.6) is 0 Å². The highest BCUT2D eigenvalue weighted by Crippen LogP contribution is 2.13. The van der Waals surface area contributed by atoms with Gasteiger partial charge in [0, 0.05) is 23.4 Å². The summed E-state index contributed by atoms with van der Waals surface area (Å²) in [4.78, 5) is 0. The van der Waals surface area contributed by atoms with Crippen LogP contribution >= 0.6 is 11.6 Å². The molecule has 1 N–H and O–H groups in total. The summed E-state index contributed by atoms with van der Waals surface area (Å²) >= 11 is 5.85. The average molecular weight is 318 g/mol. The van der Waals surface area contributed by atoms with Crippen molar-refractivity contribution in [1.29, 1.82) is 0 Å². The molecule has 6 heteroatoms. The van der Waals surface area contributed by atoms with Crippen molar-refractivity contribution in [2.45, 2.75) is 25.5 Å². The van der Waals surface area contributed by atoms with Crippen molar-refractivity contribution in [3.8, 4) is 0 Å². The van der Waals surface area contributed by atoms with Gasteiger partial charge in [0.2, 0.25) is 0 Å². The van der Waals surface area contributed by atoms with E-state index in [0.717, 1.165) is 11.4 Å². The van der Waals surface area contributed by atoms with Gasteiger partial charge in [-0.3, -0.25) is 0 Å². The Morgan fingerprint density at radius 3 is 2.60 bits per heavy atom. The van der Waals surface area contributed by atoms with E-state index in [1.165, 1.54) is 5.56 Å². The van der Waals surface area contributed by atoms with Gasteiger partial charge in [-0.1, -0.05) is 30.7 Å². The molecule has 2 atom stereocenters. The fourth-order valence-corrected chi connectivity index (χ4v) is 3.35. The van der Waals surface area contributed by atoms with Crippen LogP contribution in [0.3, 0.4) is 0 Å². The number of rotatable bonds is 5.